The van der Waals surface area contributed by atoms with Gasteiger partial charge in [0.1, 0.15) is 5.82 Å². The first kappa shape index (κ1) is 20.2. The Morgan fingerprint density at radius 1 is 1.03 bits per heavy atom. The van der Waals surface area contributed by atoms with E-state index in [-0.39, 0.29) is 5.91 Å². The zero-order chi connectivity index (χ0) is 20.9. The van der Waals surface area contributed by atoms with E-state index in [0.29, 0.717) is 12.2 Å². The standard InChI is InChI=1S/C24H24N4OS/c1-3-28-22(15-19-11-7-10-18-9-4-5-13-21(18)19)26-27-24(28)30-16-23(29)25-20-12-6-8-17(2)14-20/h4-14H,3,15-16H2,1-2H3,(H,25,29). The van der Waals surface area contributed by atoms with Crippen LogP contribution in [-0.2, 0) is 17.8 Å². The second kappa shape index (κ2) is 9.13. The van der Waals surface area contributed by atoms with Gasteiger partial charge in [0.15, 0.2) is 5.16 Å². The fraction of sp³-hybridized carbons (Fsp3) is 0.208. The first-order valence-corrected chi connectivity index (χ1v) is 11.0. The molecule has 0 aliphatic rings. The van der Waals surface area contributed by atoms with Crippen molar-refractivity contribution in [3.8, 4) is 0 Å². The average molecular weight is 417 g/mol. The SMILES string of the molecule is CCn1c(Cc2cccc3ccccc23)nnc1SCC(=O)Nc1cccc(C)c1. The van der Waals surface area contributed by atoms with Gasteiger partial charge in [-0.15, -0.1) is 10.2 Å². The summed E-state index contributed by atoms with van der Waals surface area (Å²) in [7, 11) is 0. The Morgan fingerprint density at radius 3 is 2.67 bits per heavy atom. The number of aromatic nitrogens is 3. The molecule has 0 saturated carbocycles. The van der Waals surface area contributed by atoms with Crippen LogP contribution in [0.25, 0.3) is 10.8 Å². The zero-order valence-electron chi connectivity index (χ0n) is 17.1. The largest absolute Gasteiger partial charge is 0.325 e. The van der Waals surface area contributed by atoms with E-state index < -0.39 is 0 Å². The van der Waals surface area contributed by atoms with Gasteiger partial charge in [-0.3, -0.25) is 4.79 Å². The van der Waals surface area contributed by atoms with Gasteiger partial charge in [-0.2, -0.15) is 0 Å². The van der Waals surface area contributed by atoms with E-state index in [2.05, 4.69) is 69.5 Å². The first-order valence-electron chi connectivity index (χ1n) is 10.0. The highest BCUT2D eigenvalue weighted by molar-refractivity contribution is 7.99. The molecule has 1 N–H and O–H groups in total. The molecular weight excluding hydrogens is 392 g/mol. The normalized spacial score (nSPS) is 11.0. The number of benzene rings is 3. The number of fused-ring (bicyclic) bond motifs is 1. The minimum atomic E-state index is -0.0492. The highest BCUT2D eigenvalue weighted by Crippen LogP contribution is 2.23. The topological polar surface area (TPSA) is 59.8 Å². The summed E-state index contributed by atoms with van der Waals surface area (Å²) < 4.78 is 2.09. The Hall–Kier alpha value is -3.12. The lowest BCUT2D eigenvalue weighted by molar-refractivity contribution is -0.113. The summed E-state index contributed by atoms with van der Waals surface area (Å²) in [6, 6.07) is 22.5. The van der Waals surface area contributed by atoms with Gasteiger partial charge in [-0.25, -0.2) is 0 Å². The van der Waals surface area contributed by atoms with Crippen LogP contribution in [0.3, 0.4) is 0 Å². The number of amides is 1. The number of nitrogens with one attached hydrogen (secondary N) is 1. The highest BCUT2D eigenvalue weighted by atomic mass is 32.2. The van der Waals surface area contributed by atoms with E-state index in [0.717, 1.165) is 28.8 Å². The summed E-state index contributed by atoms with van der Waals surface area (Å²) in [6.45, 7) is 4.84. The lowest BCUT2D eigenvalue weighted by Gasteiger charge is -2.09. The van der Waals surface area contributed by atoms with Crippen molar-refractivity contribution in [1.82, 2.24) is 14.8 Å². The summed E-state index contributed by atoms with van der Waals surface area (Å²) in [6.07, 6.45) is 0.707. The molecule has 0 saturated heterocycles. The Bertz CT molecular complexity index is 1180. The minimum Gasteiger partial charge on any atom is -0.325 e. The van der Waals surface area contributed by atoms with E-state index in [1.165, 1.54) is 28.1 Å². The maximum atomic E-state index is 12.4. The molecule has 0 radical (unpaired) electrons. The lowest BCUT2D eigenvalue weighted by Crippen LogP contribution is -2.14. The van der Waals surface area contributed by atoms with Crippen molar-refractivity contribution in [3.05, 3.63) is 83.7 Å². The van der Waals surface area contributed by atoms with Crippen LogP contribution in [0.5, 0.6) is 0 Å². The fourth-order valence-corrected chi connectivity index (χ4v) is 4.36. The zero-order valence-corrected chi connectivity index (χ0v) is 17.9. The number of thioether (sulfide) groups is 1. The maximum absolute atomic E-state index is 12.4. The molecule has 0 fully saturated rings. The van der Waals surface area contributed by atoms with Crippen molar-refractivity contribution in [1.29, 1.82) is 0 Å². The van der Waals surface area contributed by atoms with Crippen molar-refractivity contribution in [3.63, 3.8) is 0 Å². The molecule has 6 heteroatoms. The predicted octanol–water partition coefficient (Wildman–Crippen LogP) is 5.08. The molecule has 5 nitrogen and oxygen atoms in total. The molecule has 30 heavy (non-hydrogen) atoms. The Kier molecular flexibility index (Phi) is 6.14. The molecule has 4 rings (SSSR count). The fourth-order valence-electron chi connectivity index (χ4n) is 3.54. The van der Waals surface area contributed by atoms with E-state index in [4.69, 9.17) is 0 Å². The molecule has 1 amide bonds. The number of rotatable bonds is 7. The van der Waals surface area contributed by atoms with Crippen molar-refractivity contribution >= 4 is 34.1 Å². The number of aryl methyl sites for hydroxylation is 1. The molecule has 0 atom stereocenters. The second-order valence-electron chi connectivity index (χ2n) is 7.16. The van der Waals surface area contributed by atoms with E-state index in [1.807, 2.05) is 31.2 Å². The van der Waals surface area contributed by atoms with Crippen molar-refractivity contribution in [2.24, 2.45) is 0 Å². The van der Waals surface area contributed by atoms with Gasteiger partial charge in [0.05, 0.1) is 5.75 Å². The summed E-state index contributed by atoms with van der Waals surface area (Å²) in [4.78, 5) is 12.4. The minimum absolute atomic E-state index is 0.0492. The number of nitrogens with zero attached hydrogens (tertiary/aromatic N) is 3. The van der Waals surface area contributed by atoms with Gasteiger partial charge in [-0.1, -0.05) is 66.4 Å². The molecule has 0 bridgehead atoms. The van der Waals surface area contributed by atoms with Gasteiger partial charge >= 0.3 is 0 Å². The molecule has 0 spiro atoms. The number of carbonyl (C=O) groups excluding carboxylic acids is 1. The third-order valence-electron chi connectivity index (χ3n) is 4.97. The molecule has 0 aliphatic heterocycles. The number of carbonyl (C=O) groups is 1. The van der Waals surface area contributed by atoms with Crippen LogP contribution < -0.4 is 5.32 Å². The molecule has 152 valence electrons. The predicted molar refractivity (Wildman–Crippen MR) is 123 cm³/mol. The number of anilines is 1. The Labute approximate surface area is 180 Å². The van der Waals surface area contributed by atoms with E-state index in [1.54, 1.807) is 0 Å². The lowest BCUT2D eigenvalue weighted by atomic mass is 10.0. The maximum Gasteiger partial charge on any atom is 0.234 e. The molecule has 0 unspecified atom stereocenters. The van der Waals surface area contributed by atoms with Gasteiger partial charge in [0.25, 0.3) is 0 Å². The number of hydrogen-bond donors (Lipinski definition) is 1. The number of hydrogen-bond acceptors (Lipinski definition) is 4. The molecule has 4 aromatic rings. The second-order valence-corrected chi connectivity index (χ2v) is 8.11. The van der Waals surface area contributed by atoms with Crippen LogP contribution in [0.15, 0.2) is 71.9 Å². The first-order chi connectivity index (χ1) is 14.6. The van der Waals surface area contributed by atoms with Crippen molar-refractivity contribution < 1.29 is 4.79 Å². The smallest absolute Gasteiger partial charge is 0.234 e. The van der Waals surface area contributed by atoms with Crippen LogP contribution >= 0.6 is 11.8 Å². The van der Waals surface area contributed by atoms with E-state index >= 15 is 0 Å². The summed E-state index contributed by atoms with van der Waals surface area (Å²) >= 11 is 1.42. The van der Waals surface area contributed by atoms with Gasteiger partial charge in [0, 0.05) is 18.7 Å². The van der Waals surface area contributed by atoms with Crippen molar-refractivity contribution in [2.75, 3.05) is 11.1 Å². The molecule has 1 heterocycles. The Morgan fingerprint density at radius 2 is 1.83 bits per heavy atom. The monoisotopic (exact) mass is 416 g/mol. The van der Waals surface area contributed by atoms with Crippen LogP contribution in [-0.4, -0.2) is 26.4 Å². The molecule has 1 aromatic heterocycles. The van der Waals surface area contributed by atoms with Crippen LogP contribution in [0.2, 0.25) is 0 Å². The molecule has 0 aliphatic carbocycles. The summed E-state index contributed by atoms with van der Waals surface area (Å²) in [5.74, 6) is 1.16. The quantitative estimate of drug-likeness (QED) is 0.427. The summed E-state index contributed by atoms with van der Waals surface area (Å²) in [5.41, 5.74) is 3.16. The third kappa shape index (κ3) is 4.54. The molecule has 3 aromatic carbocycles. The Balaban J connectivity index is 1.46. The van der Waals surface area contributed by atoms with Crippen LogP contribution in [0.1, 0.15) is 23.9 Å². The molecular formula is C24H24N4OS. The van der Waals surface area contributed by atoms with Gasteiger partial charge in [0.2, 0.25) is 5.91 Å². The third-order valence-corrected chi connectivity index (χ3v) is 5.94. The highest BCUT2D eigenvalue weighted by Gasteiger charge is 2.14. The van der Waals surface area contributed by atoms with Gasteiger partial charge < -0.3 is 9.88 Å². The van der Waals surface area contributed by atoms with Crippen LogP contribution in [0, 0.1) is 6.92 Å². The van der Waals surface area contributed by atoms with E-state index in [9.17, 15) is 4.79 Å². The van der Waals surface area contributed by atoms with Crippen molar-refractivity contribution in [2.45, 2.75) is 32.0 Å². The average Bonchev–Trinajstić information content (AvgIpc) is 3.14. The van der Waals surface area contributed by atoms with Crippen LogP contribution in [0.4, 0.5) is 5.69 Å². The summed E-state index contributed by atoms with van der Waals surface area (Å²) in [5, 5.41) is 14.9. The van der Waals surface area contributed by atoms with Gasteiger partial charge in [-0.05, 0) is 47.9 Å².